The second-order valence-electron chi connectivity index (χ2n) is 5.41. The second kappa shape index (κ2) is 5.64. The molecule has 2 aromatic rings. The Kier molecular flexibility index (Phi) is 3.87. The molecule has 1 aromatic heterocycles. The van der Waals surface area contributed by atoms with Crippen LogP contribution in [-0.4, -0.2) is 0 Å². The molecule has 0 spiro atoms. The Balaban J connectivity index is 1.96. The number of hydrogen-bond acceptors (Lipinski definition) is 3. The van der Waals surface area contributed by atoms with Gasteiger partial charge in [-0.1, -0.05) is 12.1 Å². The number of hydrogen-bond donors (Lipinski definition) is 2. The number of fused-ring (bicyclic) bond motifs is 1. The number of halogens is 1. The van der Waals surface area contributed by atoms with Gasteiger partial charge in [-0.25, -0.2) is 9.82 Å². The van der Waals surface area contributed by atoms with Crippen LogP contribution >= 0.6 is 11.3 Å². The highest BCUT2D eigenvalue weighted by atomic mass is 32.1. The smallest absolute Gasteiger partial charge is 0.126 e. The van der Waals surface area contributed by atoms with E-state index < -0.39 is 0 Å². The lowest BCUT2D eigenvalue weighted by atomic mass is 9.97. The van der Waals surface area contributed by atoms with E-state index in [0.717, 1.165) is 5.56 Å². The molecule has 1 unspecified atom stereocenters. The first-order chi connectivity index (χ1) is 9.69. The summed E-state index contributed by atoms with van der Waals surface area (Å²) in [5, 5.41) is 0. The Bertz CT molecular complexity index is 597. The predicted octanol–water partition coefficient (Wildman–Crippen LogP) is 3.63. The van der Waals surface area contributed by atoms with E-state index in [1.807, 2.05) is 23.5 Å². The predicted molar refractivity (Wildman–Crippen MR) is 81.3 cm³/mol. The Morgan fingerprint density at radius 3 is 2.75 bits per heavy atom. The summed E-state index contributed by atoms with van der Waals surface area (Å²) < 4.78 is 13.4. The first kappa shape index (κ1) is 13.7. The average Bonchev–Trinajstić information content (AvgIpc) is 2.87. The number of thiophene rings is 1. The van der Waals surface area contributed by atoms with Crippen LogP contribution in [0.1, 0.15) is 45.3 Å². The summed E-state index contributed by atoms with van der Waals surface area (Å²) in [6.07, 6.45) is 4.91. The third kappa shape index (κ3) is 2.51. The average molecular weight is 290 g/mol. The van der Waals surface area contributed by atoms with E-state index in [0.29, 0.717) is 5.56 Å². The summed E-state index contributed by atoms with van der Waals surface area (Å²) in [7, 11) is 0. The van der Waals surface area contributed by atoms with Gasteiger partial charge in [-0.15, -0.1) is 11.3 Å². The first-order valence-electron chi connectivity index (χ1n) is 7.02. The number of rotatable bonds is 3. The zero-order valence-corrected chi connectivity index (χ0v) is 12.4. The van der Waals surface area contributed by atoms with Gasteiger partial charge in [0.05, 0.1) is 6.04 Å². The fourth-order valence-electron chi connectivity index (χ4n) is 2.85. The van der Waals surface area contributed by atoms with Crippen LogP contribution in [0.3, 0.4) is 0 Å². The van der Waals surface area contributed by atoms with Crippen molar-refractivity contribution in [2.45, 2.75) is 38.6 Å². The van der Waals surface area contributed by atoms with Gasteiger partial charge in [-0.05, 0) is 61.4 Å². The quantitative estimate of drug-likeness (QED) is 0.669. The minimum absolute atomic E-state index is 0.0510. The monoisotopic (exact) mass is 290 g/mol. The summed E-state index contributed by atoms with van der Waals surface area (Å²) >= 11 is 1.84. The summed E-state index contributed by atoms with van der Waals surface area (Å²) in [5.74, 6) is 5.57. The van der Waals surface area contributed by atoms with E-state index in [-0.39, 0.29) is 11.9 Å². The van der Waals surface area contributed by atoms with E-state index in [4.69, 9.17) is 5.84 Å². The molecule has 20 heavy (non-hydrogen) atoms. The molecule has 3 N–H and O–H groups in total. The third-order valence-electron chi connectivity index (χ3n) is 3.98. The van der Waals surface area contributed by atoms with Crippen molar-refractivity contribution in [3.63, 3.8) is 0 Å². The maximum atomic E-state index is 13.4. The lowest BCUT2D eigenvalue weighted by molar-refractivity contribution is 0.610. The molecule has 0 radical (unpaired) electrons. The first-order valence-corrected chi connectivity index (χ1v) is 7.84. The lowest BCUT2D eigenvalue weighted by Gasteiger charge is -2.15. The van der Waals surface area contributed by atoms with E-state index in [9.17, 15) is 4.39 Å². The van der Waals surface area contributed by atoms with Crippen LogP contribution in [0.4, 0.5) is 4.39 Å². The molecule has 3 rings (SSSR count). The van der Waals surface area contributed by atoms with Crippen LogP contribution < -0.4 is 11.3 Å². The maximum Gasteiger partial charge on any atom is 0.126 e. The SMILES string of the molecule is Cc1cc(C(NN)c2cc3c(s2)CCCC3)ccc1F. The van der Waals surface area contributed by atoms with Crippen molar-refractivity contribution in [1.82, 2.24) is 5.43 Å². The number of nitrogens with two attached hydrogens (primary N) is 1. The molecular formula is C16H19FN2S. The molecule has 1 aliphatic rings. The van der Waals surface area contributed by atoms with Gasteiger partial charge in [0.15, 0.2) is 0 Å². The number of nitrogens with one attached hydrogen (secondary N) is 1. The molecule has 1 heterocycles. The zero-order valence-electron chi connectivity index (χ0n) is 11.6. The van der Waals surface area contributed by atoms with Gasteiger partial charge in [0.25, 0.3) is 0 Å². The molecule has 2 nitrogen and oxygen atoms in total. The Hall–Kier alpha value is -1.23. The highest BCUT2D eigenvalue weighted by Gasteiger charge is 2.20. The molecule has 0 saturated carbocycles. The normalized spacial score (nSPS) is 15.9. The van der Waals surface area contributed by atoms with Crippen molar-refractivity contribution in [3.05, 3.63) is 56.5 Å². The molecule has 1 aromatic carbocycles. The van der Waals surface area contributed by atoms with Gasteiger partial charge in [0, 0.05) is 9.75 Å². The highest BCUT2D eigenvalue weighted by Crippen LogP contribution is 2.35. The topological polar surface area (TPSA) is 38.0 Å². The van der Waals surface area contributed by atoms with Crippen molar-refractivity contribution in [1.29, 1.82) is 0 Å². The van der Waals surface area contributed by atoms with Crippen molar-refractivity contribution in [2.24, 2.45) is 5.84 Å². The van der Waals surface area contributed by atoms with E-state index >= 15 is 0 Å². The molecule has 1 aliphatic carbocycles. The fourth-order valence-corrected chi connectivity index (χ4v) is 4.19. The molecule has 0 fully saturated rings. The standard InChI is InChI=1S/C16H19FN2S/c1-10-8-12(6-7-13(10)17)16(19-18)15-9-11-4-2-3-5-14(11)20-15/h6-9,16,19H,2-5,18H2,1H3. The number of hydrazine groups is 1. The lowest BCUT2D eigenvalue weighted by Crippen LogP contribution is -2.28. The van der Waals surface area contributed by atoms with Crippen molar-refractivity contribution in [2.75, 3.05) is 0 Å². The second-order valence-corrected chi connectivity index (χ2v) is 6.58. The van der Waals surface area contributed by atoms with Gasteiger partial charge in [0.2, 0.25) is 0 Å². The van der Waals surface area contributed by atoms with Crippen molar-refractivity contribution >= 4 is 11.3 Å². The van der Waals surface area contributed by atoms with E-state index in [2.05, 4.69) is 11.5 Å². The minimum Gasteiger partial charge on any atom is -0.271 e. The molecule has 0 aliphatic heterocycles. The molecular weight excluding hydrogens is 271 g/mol. The van der Waals surface area contributed by atoms with Gasteiger partial charge in [0.1, 0.15) is 5.82 Å². The van der Waals surface area contributed by atoms with Crippen LogP contribution in [-0.2, 0) is 12.8 Å². The van der Waals surface area contributed by atoms with Crippen LogP contribution in [0.2, 0.25) is 0 Å². The molecule has 0 bridgehead atoms. The Morgan fingerprint density at radius 2 is 2.05 bits per heavy atom. The van der Waals surface area contributed by atoms with Crippen LogP contribution in [0, 0.1) is 12.7 Å². The van der Waals surface area contributed by atoms with Crippen LogP contribution in [0.5, 0.6) is 0 Å². The van der Waals surface area contributed by atoms with Gasteiger partial charge in [-0.3, -0.25) is 5.84 Å². The van der Waals surface area contributed by atoms with Gasteiger partial charge >= 0.3 is 0 Å². The Morgan fingerprint density at radius 1 is 1.25 bits per heavy atom. The van der Waals surface area contributed by atoms with Crippen molar-refractivity contribution < 1.29 is 4.39 Å². The summed E-state index contributed by atoms with van der Waals surface area (Å²) in [4.78, 5) is 2.72. The van der Waals surface area contributed by atoms with Crippen LogP contribution in [0.15, 0.2) is 24.3 Å². The third-order valence-corrected chi connectivity index (χ3v) is 5.28. The largest absolute Gasteiger partial charge is 0.271 e. The molecule has 0 amide bonds. The molecule has 4 heteroatoms. The maximum absolute atomic E-state index is 13.4. The molecule has 1 atom stereocenters. The zero-order chi connectivity index (χ0) is 14.1. The van der Waals surface area contributed by atoms with Gasteiger partial charge < -0.3 is 0 Å². The van der Waals surface area contributed by atoms with E-state index in [1.165, 1.54) is 47.1 Å². The van der Waals surface area contributed by atoms with Gasteiger partial charge in [-0.2, -0.15) is 0 Å². The summed E-state index contributed by atoms with van der Waals surface area (Å²) in [5.41, 5.74) is 6.02. The van der Waals surface area contributed by atoms with Crippen molar-refractivity contribution in [3.8, 4) is 0 Å². The van der Waals surface area contributed by atoms with E-state index in [1.54, 1.807) is 6.92 Å². The summed E-state index contributed by atoms with van der Waals surface area (Å²) in [6.45, 7) is 1.78. The molecule has 0 saturated heterocycles. The minimum atomic E-state index is -0.171. The highest BCUT2D eigenvalue weighted by molar-refractivity contribution is 7.12. The van der Waals surface area contributed by atoms with Crippen LogP contribution in [0.25, 0.3) is 0 Å². The molecule has 106 valence electrons. The number of aryl methyl sites for hydroxylation is 3. The fraction of sp³-hybridized carbons (Fsp3) is 0.375. The number of benzene rings is 1. The summed E-state index contributed by atoms with van der Waals surface area (Å²) in [6, 6.07) is 7.42. The Labute approximate surface area is 122 Å².